The van der Waals surface area contributed by atoms with Gasteiger partial charge in [-0.15, -0.1) is 0 Å². The summed E-state index contributed by atoms with van der Waals surface area (Å²) in [5.41, 5.74) is 0.976. The predicted octanol–water partition coefficient (Wildman–Crippen LogP) is 4.31. The van der Waals surface area contributed by atoms with Gasteiger partial charge in [0.15, 0.2) is 0 Å². The number of amides is 2. The van der Waals surface area contributed by atoms with Gasteiger partial charge in [-0.25, -0.2) is 9.69 Å². The van der Waals surface area contributed by atoms with Gasteiger partial charge in [0, 0.05) is 19.9 Å². The molecule has 0 radical (unpaired) electrons. The number of benzene rings is 2. The van der Waals surface area contributed by atoms with E-state index in [1.807, 2.05) is 36.4 Å². The van der Waals surface area contributed by atoms with Gasteiger partial charge in [0.1, 0.15) is 5.75 Å². The highest BCUT2D eigenvalue weighted by Gasteiger charge is 2.25. The summed E-state index contributed by atoms with van der Waals surface area (Å²) in [5, 5.41) is 2.03. The third-order valence-electron chi connectivity index (χ3n) is 4.67. The lowest BCUT2D eigenvalue weighted by Crippen LogP contribution is -2.40. The second kappa shape index (κ2) is 10.6. The zero-order chi connectivity index (χ0) is 22.3. The van der Waals surface area contributed by atoms with E-state index in [1.54, 1.807) is 27.9 Å². The van der Waals surface area contributed by atoms with Crippen LogP contribution in [-0.4, -0.2) is 42.8 Å². The molecular formula is C23H29NO6. The van der Waals surface area contributed by atoms with E-state index in [0.717, 1.165) is 27.0 Å². The molecule has 0 spiro atoms. The fourth-order valence-corrected chi connectivity index (χ4v) is 2.90. The SMILES string of the molecule is CCC(OC(=O)C(C)C)OC(=O)N(CCc1cccc2ccc(OC)cc12)C(C)=O. The largest absolute Gasteiger partial charge is 0.497 e. The molecule has 0 aliphatic heterocycles. The topological polar surface area (TPSA) is 82.1 Å². The molecule has 2 aromatic rings. The van der Waals surface area contributed by atoms with E-state index in [4.69, 9.17) is 14.2 Å². The standard InChI is InChI=1S/C23H29NO6/c1-6-21(29-22(26)15(2)3)30-23(27)24(16(4)25)13-12-18-9-7-8-17-10-11-19(28-5)14-20(17)18/h7-11,14-15,21H,6,12-13H2,1-5H3. The molecule has 7 heteroatoms. The average molecular weight is 415 g/mol. The van der Waals surface area contributed by atoms with Crippen LogP contribution in [0.25, 0.3) is 10.8 Å². The molecular weight excluding hydrogens is 386 g/mol. The summed E-state index contributed by atoms with van der Waals surface area (Å²) in [4.78, 5) is 37.4. The summed E-state index contributed by atoms with van der Waals surface area (Å²) in [6, 6.07) is 11.6. The molecule has 1 unspecified atom stereocenters. The van der Waals surface area contributed by atoms with Crippen molar-refractivity contribution in [3.63, 3.8) is 0 Å². The second-order valence-corrected chi connectivity index (χ2v) is 7.24. The number of fused-ring (bicyclic) bond motifs is 1. The van der Waals surface area contributed by atoms with Crippen molar-refractivity contribution in [3.05, 3.63) is 42.0 Å². The van der Waals surface area contributed by atoms with Gasteiger partial charge in [-0.05, 0) is 34.9 Å². The van der Waals surface area contributed by atoms with Crippen LogP contribution in [0.5, 0.6) is 5.75 Å². The van der Waals surface area contributed by atoms with Crippen LogP contribution in [-0.2, 0) is 25.5 Å². The Bertz CT molecular complexity index is 908. The van der Waals surface area contributed by atoms with E-state index >= 15 is 0 Å². The third-order valence-corrected chi connectivity index (χ3v) is 4.67. The van der Waals surface area contributed by atoms with Gasteiger partial charge in [-0.3, -0.25) is 9.59 Å². The van der Waals surface area contributed by atoms with Crippen molar-refractivity contribution in [2.75, 3.05) is 13.7 Å². The first-order chi connectivity index (χ1) is 14.3. The first kappa shape index (κ1) is 23.2. The zero-order valence-corrected chi connectivity index (χ0v) is 18.1. The van der Waals surface area contributed by atoms with E-state index in [9.17, 15) is 14.4 Å². The number of carbonyl (C=O) groups excluding carboxylic acids is 3. The number of ether oxygens (including phenoxy) is 3. The Morgan fingerprint density at radius 2 is 1.80 bits per heavy atom. The van der Waals surface area contributed by atoms with Gasteiger partial charge in [-0.1, -0.05) is 45.0 Å². The Kier molecular flexibility index (Phi) is 8.21. The minimum atomic E-state index is -1.03. The number of hydrogen-bond acceptors (Lipinski definition) is 6. The first-order valence-electron chi connectivity index (χ1n) is 10.0. The number of imide groups is 1. The Hall–Kier alpha value is -3.09. The molecule has 0 saturated heterocycles. The van der Waals surface area contributed by atoms with Crippen LogP contribution in [0.3, 0.4) is 0 Å². The predicted molar refractivity (Wildman–Crippen MR) is 113 cm³/mol. The van der Waals surface area contributed by atoms with Crippen LogP contribution in [0.4, 0.5) is 4.79 Å². The molecule has 0 aliphatic carbocycles. The Morgan fingerprint density at radius 3 is 2.40 bits per heavy atom. The molecule has 1 atom stereocenters. The van der Waals surface area contributed by atoms with Crippen molar-refractivity contribution >= 4 is 28.7 Å². The molecule has 2 aromatic carbocycles. The van der Waals surface area contributed by atoms with Crippen LogP contribution in [0.15, 0.2) is 36.4 Å². The monoisotopic (exact) mass is 415 g/mol. The molecule has 0 aliphatic rings. The molecule has 0 saturated carbocycles. The molecule has 2 rings (SSSR count). The Balaban J connectivity index is 2.12. The summed E-state index contributed by atoms with van der Waals surface area (Å²) >= 11 is 0. The number of nitrogens with zero attached hydrogens (tertiary/aromatic N) is 1. The Morgan fingerprint density at radius 1 is 1.07 bits per heavy atom. The van der Waals surface area contributed by atoms with Crippen LogP contribution in [0.1, 0.15) is 39.7 Å². The summed E-state index contributed by atoms with van der Waals surface area (Å²) < 4.78 is 15.7. The molecule has 0 bridgehead atoms. The van der Waals surface area contributed by atoms with E-state index in [1.165, 1.54) is 6.92 Å². The van der Waals surface area contributed by atoms with E-state index in [2.05, 4.69) is 0 Å². The van der Waals surface area contributed by atoms with Gasteiger partial charge in [0.25, 0.3) is 0 Å². The average Bonchev–Trinajstić information content (AvgIpc) is 2.72. The van der Waals surface area contributed by atoms with Crippen LogP contribution in [0.2, 0.25) is 0 Å². The van der Waals surface area contributed by atoms with Crippen molar-refractivity contribution in [1.29, 1.82) is 0 Å². The summed E-state index contributed by atoms with van der Waals surface area (Å²) in [7, 11) is 1.60. The van der Waals surface area contributed by atoms with Crippen molar-refractivity contribution in [3.8, 4) is 5.75 Å². The minimum Gasteiger partial charge on any atom is -0.497 e. The summed E-state index contributed by atoms with van der Waals surface area (Å²) in [6.45, 7) is 6.55. The summed E-state index contributed by atoms with van der Waals surface area (Å²) in [6.07, 6.45) is -1.12. The molecule has 7 nitrogen and oxygen atoms in total. The smallest absolute Gasteiger partial charge is 0.419 e. The molecule has 30 heavy (non-hydrogen) atoms. The molecule has 0 heterocycles. The van der Waals surface area contributed by atoms with Crippen LogP contribution >= 0.6 is 0 Å². The first-order valence-corrected chi connectivity index (χ1v) is 10.0. The second-order valence-electron chi connectivity index (χ2n) is 7.24. The number of rotatable bonds is 8. The van der Waals surface area contributed by atoms with Crippen LogP contribution in [0, 0.1) is 5.92 Å². The maximum atomic E-state index is 12.6. The van der Waals surface area contributed by atoms with Gasteiger partial charge in [0.2, 0.25) is 12.2 Å². The van der Waals surface area contributed by atoms with Crippen molar-refractivity contribution in [2.24, 2.45) is 5.92 Å². The van der Waals surface area contributed by atoms with Crippen molar-refractivity contribution in [1.82, 2.24) is 4.90 Å². The Labute approximate surface area is 176 Å². The number of esters is 1. The molecule has 162 valence electrons. The van der Waals surface area contributed by atoms with Crippen molar-refractivity contribution < 1.29 is 28.6 Å². The zero-order valence-electron chi connectivity index (χ0n) is 18.1. The molecule has 0 aromatic heterocycles. The van der Waals surface area contributed by atoms with Crippen molar-refractivity contribution in [2.45, 2.75) is 46.8 Å². The van der Waals surface area contributed by atoms with Gasteiger partial charge in [-0.2, -0.15) is 0 Å². The quantitative estimate of drug-likeness (QED) is 0.472. The number of hydrogen-bond donors (Lipinski definition) is 0. The maximum absolute atomic E-state index is 12.6. The van der Waals surface area contributed by atoms with Gasteiger partial charge < -0.3 is 14.2 Å². The normalized spacial score (nSPS) is 11.8. The lowest BCUT2D eigenvalue weighted by atomic mass is 10.0. The van der Waals surface area contributed by atoms with Gasteiger partial charge >= 0.3 is 12.1 Å². The fourth-order valence-electron chi connectivity index (χ4n) is 2.90. The lowest BCUT2D eigenvalue weighted by Gasteiger charge is -2.23. The highest BCUT2D eigenvalue weighted by atomic mass is 16.7. The third kappa shape index (κ3) is 5.95. The molecule has 2 amide bonds. The van der Waals surface area contributed by atoms with E-state index < -0.39 is 24.3 Å². The highest BCUT2D eigenvalue weighted by molar-refractivity contribution is 5.91. The number of methoxy groups -OCH3 is 1. The fraction of sp³-hybridized carbons (Fsp3) is 0.435. The van der Waals surface area contributed by atoms with Gasteiger partial charge in [0.05, 0.1) is 13.0 Å². The van der Waals surface area contributed by atoms with E-state index in [0.29, 0.717) is 12.8 Å². The minimum absolute atomic E-state index is 0.138. The maximum Gasteiger partial charge on any atom is 0.419 e. The van der Waals surface area contributed by atoms with Crippen LogP contribution < -0.4 is 4.74 Å². The van der Waals surface area contributed by atoms with E-state index in [-0.39, 0.29) is 12.5 Å². The lowest BCUT2D eigenvalue weighted by molar-refractivity contribution is -0.173. The molecule has 0 fully saturated rings. The summed E-state index contributed by atoms with van der Waals surface area (Å²) in [5.74, 6) is -0.517. The number of carbonyl (C=O) groups is 3. The molecule has 0 N–H and O–H groups in total. The highest BCUT2D eigenvalue weighted by Crippen LogP contribution is 2.24.